The highest BCUT2D eigenvalue weighted by molar-refractivity contribution is 7.99. The second-order valence-corrected chi connectivity index (χ2v) is 6.22. The van der Waals surface area contributed by atoms with E-state index in [0.29, 0.717) is 6.54 Å². The summed E-state index contributed by atoms with van der Waals surface area (Å²) in [5, 5.41) is 0. The summed E-state index contributed by atoms with van der Waals surface area (Å²) in [4.78, 5) is 3.71. The normalized spacial score (nSPS) is 16.7. The summed E-state index contributed by atoms with van der Waals surface area (Å²) >= 11 is 1.98. The zero-order chi connectivity index (χ0) is 13.0. The molecule has 0 bridgehead atoms. The molecular formula is C14H23N3S. The lowest BCUT2D eigenvalue weighted by molar-refractivity contribution is 0.305. The highest BCUT2D eigenvalue weighted by Crippen LogP contribution is 2.30. The molecule has 3 nitrogen and oxygen atoms in total. The Kier molecular flexibility index (Phi) is 5.06. The predicted octanol–water partition coefficient (Wildman–Crippen LogP) is 1.44. The van der Waals surface area contributed by atoms with Gasteiger partial charge in [0.2, 0.25) is 0 Å². The first kappa shape index (κ1) is 13.9. The second kappa shape index (κ2) is 6.57. The molecule has 0 aromatic heterocycles. The first-order valence-electron chi connectivity index (χ1n) is 6.58. The zero-order valence-corrected chi connectivity index (χ0v) is 11.9. The van der Waals surface area contributed by atoms with E-state index in [9.17, 15) is 0 Å². The summed E-state index contributed by atoms with van der Waals surface area (Å²) in [6.07, 6.45) is 2.53. The molecule has 2 rings (SSSR count). The van der Waals surface area contributed by atoms with Crippen molar-refractivity contribution in [2.75, 3.05) is 25.9 Å². The van der Waals surface area contributed by atoms with Gasteiger partial charge in [0.05, 0.1) is 0 Å². The minimum atomic E-state index is 0.0724. The van der Waals surface area contributed by atoms with Crippen LogP contribution in [-0.4, -0.2) is 36.8 Å². The van der Waals surface area contributed by atoms with Gasteiger partial charge in [-0.2, -0.15) is 0 Å². The second-order valence-electron chi connectivity index (χ2n) is 5.09. The maximum absolute atomic E-state index is 5.87. The fourth-order valence-electron chi connectivity index (χ4n) is 2.36. The van der Waals surface area contributed by atoms with Crippen LogP contribution in [-0.2, 0) is 13.0 Å². The van der Waals surface area contributed by atoms with Crippen LogP contribution in [0.1, 0.15) is 17.5 Å². The Morgan fingerprint density at radius 1 is 1.44 bits per heavy atom. The smallest absolute Gasteiger partial charge is 0.0292 e. The summed E-state index contributed by atoms with van der Waals surface area (Å²) in [6, 6.07) is 6.93. The van der Waals surface area contributed by atoms with Gasteiger partial charge in [0, 0.05) is 30.6 Å². The largest absolute Gasteiger partial charge is 0.329 e. The van der Waals surface area contributed by atoms with E-state index in [1.54, 1.807) is 0 Å². The molecule has 1 atom stereocenters. The number of hydrogen-bond acceptors (Lipinski definition) is 4. The lowest BCUT2D eigenvalue weighted by atomic mass is 10.1. The van der Waals surface area contributed by atoms with Crippen molar-refractivity contribution in [3.8, 4) is 0 Å². The first-order chi connectivity index (χ1) is 8.69. The number of likely N-dealkylation sites (N-methyl/N-ethyl adjacent to an activating group) is 1. The molecule has 1 unspecified atom stereocenters. The lowest BCUT2D eigenvalue weighted by Crippen LogP contribution is -2.40. The minimum absolute atomic E-state index is 0.0724. The van der Waals surface area contributed by atoms with Gasteiger partial charge in [-0.15, -0.1) is 11.8 Å². The molecule has 0 radical (unpaired) electrons. The van der Waals surface area contributed by atoms with Crippen molar-refractivity contribution in [2.24, 2.45) is 11.5 Å². The van der Waals surface area contributed by atoms with Crippen molar-refractivity contribution in [3.63, 3.8) is 0 Å². The quantitative estimate of drug-likeness (QED) is 0.846. The van der Waals surface area contributed by atoms with Gasteiger partial charge in [-0.05, 0) is 42.8 Å². The predicted molar refractivity (Wildman–Crippen MR) is 78.9 cm³/mol. The van der Waals surface area contributed by atoms with Crippen molar-refractivity contribution in [1.29, 1.82) is 0 Å². The van der Waals surface area contributed by atoms with E-state index in [1.807, 2.05) is 11.8 Å². The SMILES string of the molecule is CN(Cc1ccc2c(c1)CCCS2)CC(N)CN. The van der Waals surface area contributed by atoms with Crippen LogP contribution in [0.5, 0.6) is 0 Å². The Bertz CT molecular complexity index is 395. The molecule has 4 N–H and O–H groups in total. The van der Waals surface area contributed by atoms with Crippen molar-refractivity contribution in [1.82, 2.24) is 4.90 Å². The van der Waals surface area contributed by atoms with Crippen molar-refractivity contribution in [2.45, 2.75) is 30.3 Å². The molecule has 100 valence electrons. The Labute approximate surface area is 114 Å². The van der Waals surface area contributed by atoms with E-state index in [0.717, 1.165) is 13.1 Å². The molecule has 0 saturated heterocycles. The number of aryl methyl sites for hydroxylation is 1. The van der Waals surface area contributed by atoms with Crippen LogP contribution in [0.2, 0.25) is 0 Å². The zero-order valence-electron chi connectivity index (χ0n) is 11.1. The molecule has 1 aromatic carbocycles. The molecular weight excluding hydrogens is 242 g/mol. The summed E-state index contributed by atoms with van der Waals surface area (Å²) < 4.78 is 0. The van der Waals surface area contributed by atoms with Gasteiger partial charge in [-0.25, -0.2) is 0 Å². The number of hydrogen-bond donors (Lipinski definition) is 2. The fourth-order valence-corrected chi connectivity index (χ4v) is 3.38. The van der Waals surface area contributed by atoms with E-state index >= 15 is 0 Å². The number of benzene rings is 1. The van der Waals surface area contributed by atoms with Gasteiger partial charge in [0.25, 0.3) is 0 Å². The maximum atomic E-state index is 5.87. The van der Waals surface area contributed by atoms with Gasteiger partial charge in [-0.3, -0.25) is 0 Å². The number of fused-ring (bicyclic) bond motifs is 1. The molecule has 4 heteroatoms. The molecule has 0 amide bonds. The third-order valence-electron chi connectivity index (χ3n) is 3.27. The van der Waals surface area contributed by atoms with Crippen molar-refractivity contribution < 1.29 is 0 Å². The summed E-state index contributed by atoms with van der Waals surface area (Å²) in [6.45, 7) is 2.35. The molecule has 0 saturated carbocycles. The summed E-state index contributed by atoms with van der Waals surface area (Å²) in [5.41, 5.74) is 14.3. The van der Waals surface area contributed by atoms with Crippen molar-refractivity contribution in [3.05, 3.63) is 29.3 Å². The molecule has 1 heterocycles. The van der Waals surface area contributed by atoms with Crippen LogP contribution < -0.4 is 11.5 Å². The van der Waals surface area contributed by atoms with Crippen LogP contribution in [0.4, 0.5) is 0 Å². The highest BCUT2D eigenvalue weighted by Gasteiger charge is 2.11. The monoisotopic (exact) mass is 265 g/mol. The average Bonchev–Trinajstić information content (AvgIpc) is 2.38. The van der Waals surface area contributed by atoms with E-state index in [1.165, 1.54) is 34.6 Å². The molecule has 18 heavy (non-hydrogen) atoms. The first-order valence-corrected chi connectivity index (χ1v) is 7.56. The topological polar surface area (TPSA) is 55.3 Å². The summed E-state index contributed by atoms with van der Waals surface area (Å²) in [7, 11) is 2.10. The van der Waals surface area contributed by atoms with Crippen LogP contribution in [0.15, 0.2) is 23.1 Å². The highest BCUT2D eigenvalue weighted by atomic mass is 32.2. The van der Waals surface area contributed by atoms with Gasteiger partial charge in [0.1, 0.15) is 0 Å². The van der Waals surface area contributed by atoms with Crippen LogP contribution in [0, 0.1) is 0 Å². The van der Waals surface area contributed by atoms with E-state index in [4.69, 9.17) is 11.5 Å². The maximum Gasteiger partial charge on any atom is 0.0292 e. The number of thioether (sulfide) groups is 1. The van der Waals surface area contributed by atoms with E-state index in [2.05, 4.69) is 30.1 Å². The Morgan fingerprint density at radius 2 is 2.28 bits per heavy atom. The molecule has 0 spiro atoms. The minimum Gasteiger partial charge on any atom is -0.329 e. The number of rotatable bonds is 5. The molecule has 1 aliphatic heterocycles. The Balaban J connectivity index is 1.97. The van der Waals surface area contributed by atoms with Gasteiger partial charge >= 0.3 is 0 Å². The van der Waals surface area contributed by atoms with Gasteiger partial charge in [-0.1, -0.05) is 12.1 Å². The third-order valence-corrected chi connectivity index (χ3v) is 4.48. The van der Waals surface area contributed by atoms with Gasteiger partial charge in [0.15, 0.2) is 0 Å². The summed E-state index contributed by atoms with van der Waals surface area (Å²) in [5.74, 6) is 1.26. The third kappa shape index (κ3) is 3.72. The molecule has 0 aliphatic carbocycles. The van der Waals surface area contributed by atoms with E-state index in [-0.39, 0.29) is 6.04 Å². The van der Waals surface area contributed by atoms with Crippen LogP contribution in [0.25, 0.3) is 0 Å². The fraction of sp³-hybridized carbons (Fsp3) is 0.571. The lowest BCUT2D eigenvalue weighted by Gasteiger charge is -2.22. The van der Waals surface area contributed by atoms with Crippen LogP contribution in [0.3, 0.4) is 0 Å². The Hall–Kier alpha value is -0.550. The Morgan fingerprint density at radius 3 is 3.06 bits per heavy atom. The standard InChI is InChI=1S/C14H23N3S/c1-17(10-13(16)8-15)9-11-4-5-14-12(7-11)3-2-6-18-14/h4-5,7,13H,2-3,6,8-10,15-16H2,1H3. The van der Waals surface area contributed by atoms with Gasteiger partial charge < -0.3 is 16.4 Å². The van der Waals surface area contributed by atoms with E-state index < -0.39 is 0 Å². The number of nitrogens with zero attached hydrogens (tertiary/aromatic N) is 1. The molecule has 0 fully saturated rings. The molecule has 1 aliphatic rings. The van der Waals surface area contributed by atoms with Crippen LogP contribution >= 0.6 is 11.8 Å². The number of nitrogens with two attached hydrogens (primary N) is 2. The molecule has 1 aromatic rings. The average molecular weight is 265 g/mol. The van der Waals surface area contributed by atoms with Crippen molar-refractivity contribution >= 4 is 11.8 Å².